The molecule has 0 unspecified atom stereocenters. The fraction of sp³-hybridized carbons (Fsp3) is 0.579. The Bertz CT molecular complexity index is 669. The zero-order valence-corrected chi connectivity index (χ0v) is 16.0. The molecule has 0 aliphatic heterocycles. The third kappa shape index (κ3) is 3.54. The molecular weight excluding hydrogens is 382 g/mol. The molecule has 4 bridgehead atoms. The molecule has 4 saturated carbocycles. The third-order valence-corrected chi connectivity index (χ3v) is 6.47. The number of hydrazone groups is 1. The number of carbonyl (C=O) groups excluding carboxylic acids is 1. The van der Waals surface area contributed by atoms with E-state index in [2.05, 4.69) is 31.8 Å². The van der Waals surface area contributed by atoms with Crippen molar-refractivity contribution in [1.82, 2.24) is 10.7 Å². The number of urea groups is 1. The molecule has 5 rings (SSSR count). The number of amides is 2. The molecule has 134 valence electrons. The van der Waals surface area contributed by atoms with E-state index in [0.717, 1.165) is 52.8 Å². The Kier molecular flexibility index (Phi) is 4.48. The second kappa shape index (κ2) is 6.63. The number of carbonyl (C=O) groups is 1. The lowest BCUT2D eigenvalue weighted by Gasteiger charge is -2.56. The second-order valence-corrected chi connectivity index (χ2v) is 8.82. The summed E-state index contributed by atoms with van der Waals surface area (Å²) in [6.45, 7) is 0. The largest absolute Gasteiger partial charge is 0.496 e. The smallest absolute Gasteiger partial charge is 0.335 e. The van der Waals surface area contributed by atoms with Gasteiger partial charge in [0, 0.05) is 15.6 Å². The number of hydrogen-bond acceptors (Lipinski definition) is 3. The number of nitrogens with zero attached hydrogens (tertiary/aromatic N) is 1. The first kappa shape index (κ1) is 16.9. The van der Waals surface area contributed by atoms with Crippen LogP contribution in [0.25, 0.3) is 0 Å². The van der Waals surface area contributed by atoms with Crippen LogP contribution in [0, 0.1) is 17.8 Å². The molecule has 0 saturated heterocycles. The first-order valence-electron chi connectivity index (χ1n) is 9.00. The van der Waals surface area contributed by atoms with Crippen molar-refractivity contribution in [3.8, 4) is 5.75 Å². The number of nitrogens with one attached hydrogen (secondary N) is 2. The van der Waals surface area contributed by atoms with Crippen molar-refractivity contribution in [3.63, 3.8) is 0 Å². The molecule has 0 aromatic heterocycles. The van der Waals surface area contributed by atoms with Gasteiger partial charge in [0.1, 0.15) is 5.75 Å². The molecule has 0 spiro atoms. The van der Waals surface area contributed by atoms with Crippen molar-refractivity contribution in [2.45, 2.75) is 44.1 Å². The molecule has 1 aromatic carbocycles. The van der Waals surface area contributed by atoms with Gasteiger partial charge < -0.3 is 10.1 Å². The molecule has 25 heavy (non-hydrogen) atoms. The summed E-state index contributed by atoms with van der Waals surface area (Å²) in [4.78, 5) is 12.4. The average Bonchev–Trinajstić information content (AvgIpc) is 2.53. The lowest BCUT2D eigenvalue weighted by atomic mass is 9.53. The molecule has 4 fully saturated rings. The zero-order chi connectivity index (χ0) is 17.4. The van der Waals surface area contributed by atoms with E-state index < -0.39 is 0 Å². The molecule has 1 aromatic rings. The lowest BCUT2D eigenvalue weighted by molar-refractivity contribution is -0.0135. The van der Waals surface area contributed by atoms with Gasteiger partial charge in [-0.3, -0.25) is 0 Å². The summed E-state index contributed by atoms with van der Waals surface area (Å²) in [5.41, 5.74) is 3.44. The maximum atomic E-state index is 12.4. The van der Waals surface area contributed by atoms with Crippen molar-refractivity contribution in [3.05, 3.63) is 28.2 Å². The minimum absolute atomic E-state index is 0.00180. The number of benzene rings is 1. The van der Waals surface area contributed by atoms with Crippen molar-refractivity contribution in [1.29, 1.82) is 0 Å². The van der Waals surface area contributed by atoms with E-state index >= 15 is 0 Å². The van der Waals surface area contributed by atoms with Gasteiger partial charge in [0.25, 0.3) is 0 Å². The first-order chi connectivity index (χ1) is 12.0. The van der Waals surface area contributed by atoms with E-state index in [9.17, 15) is 4.79 Å². The molecule has 0 radical (unpaired) electrons. The van der Waals surface area contributed by atoms with E-state index in [1.807, 2.05) is 18.2 Å². The van der Waals surface area contributed by atoms with Crippen LogP contribution < -0.4 is 15.5 Å². The summed E-state index contributed by atoms with van der Waals surface area (Å²) in [6, 6.07) is 5.47. The third-order valence-electron chi connectivity index (χ3n) is 5.98. The molecule has 0 atom stereocenters. The molecule has 2 amide bonds. The van der Waals surface area contributed by atoms with E-state index in [0.29, 0.717) is 0 Å². The van der Waals surface area contributed by atoms with Gasteiger partial charge in [0.15, 0.2) is 0 Å². The van der Waals surface area contributed by atoms with Crippen LogP contribution in [0.5, 0.6) is 5.75 Å². The molecule has 4 aliphatic rings. The van der Waals surface area contributed by atoms with Crippen molar-refractivity contribution in [2.24, 2.45) is 22.9 Å². The molecular formula is C19H24BrN3O2. The quantitative estimate of drug-likeness (QED) is 0.585. The topological polar surface area (TPSA) is 62.7 Å². The van der Waals surface area contributed by atoms with E-state index in [-0.39, 0.29) is 11.6 Å². The predicted molar refractivity (Wildman–Crippen MR) is 101 cm³/mol. The summed E-state index contributed by atoms with van der Waals surface area (Å²) < 4.78 is 6.25. The van der Waals surface area contributed by atoms with Gasteiger partial charge in [0.05, 0.1) is 13.3 Å². The average molecular weight is 406 g/mol. The Morgan fingerprint density at radius 2 is 1.88 bits per heavy atom. The highest BCUT2D eigenvalue weighted by Crippen LogP contribution is 2.55. The monoisotopic (exact) mass is 405 g/mol. The number of halogens is 1. The maximum Gasteiger partial charge on any atom is 0.335 e. The van der Waals surface area contributed by atoms with Crippen molar-refractivity contribution < 1.29 is 9.53 Å². The lowest BCUT2D eigenvalue weighted by Crippen LogP contribution is -2.61. The number of hydrogen-bond donors (Lipinski definition) is 2. The van der Waals surface area contributed by atoms with Gasteiger partial charge in [-0.2, -0.15) is 5.10 Å². The summed E-state index contributed by atoms with van der Waals surface area (Å²) in [7, 11) is 1.62. The minimum Gasteiger partial charge on any atom is -0.496 e. The minimum atomic E-state index is -0.202. The van der Waals surface area contributed by atoms with Gasteiger partial charge in [-0.05, 0) is 74.5 Å². The van der Waals surface area contributed by atoms with Crippen LogP contribution in [0.4, 0.5) is 4.79 Å². The van der Waals surface area contributed by atoms with Crippen LogP contribution in [0.3, 0.4) is 0 Å². The van der Waals surface area contributed by atoms with Crippen LogP contribution >= 0.6 is 15.9 Å². The van der Waals surface area contributed by atoms with Crippen LogP contribution in [-0.4, -0.2) is 24.9 Å². The van der Waals surface area contributed by atoms with Crippen LogP contribution in [0.15, 0.2) is 27.8 Å². The maximum absolute atomic E-state index is 12.4. The number of methoxy groups -OCH3 is 1. The molecule has 5 nitrogen and oxygen atoms in total. The normalized spacial score (nSPS) is 32.8. The zero-order valence-electron chi connectivity index (χ0n) is 14.4. The standard InChI is InChI=1S/C19H24BrN3O2/c1-25-17-3-2-16(20)7-15(17)11-21-23-18(24)22-19-8-12-4-13(9-19)6-14(5-12)10-19/h2-3,7,11-14H,4-6,8-10H2,1H3,(H2,22,23,24). The summed E-state index contributed by atoms with van der Waals surface area (Å²) >= 11 is 3.43. The first-order valence-corrected chi connectivity index (χ1v) is 9.79. The summed E-state index contributed by atoms with van der Waals surface area (Å²) in [5, 5.41) is 7.35. The highest BCUT2D eigenvalue weighted by atomic mass is 79.9. The second-order valence-electron chi connectivity index (χ2n) is 7.91. The molecule has 2 N–H and O–H groups in total. The molecule has 0 heterocycles. The van der Waals surface area contributed by atoms with Gasteiger partial charge >= 0.3 is 6.03 Å². The Morgan fingerprint density at radius 3 is 2.48 bits per heavy atom. The van der Waals surface area contributed by atoms with Crippen molar-refractivity contribution in [2.75, 3.05) is 7.11 Å². The number of rotatable bonds is 4. The van der Waals surface area contributed by atoms with E-state index in [4.69, 9.17) is 4.74 Å². The SMILES string of the molecule is COc1ccc(Br)cc1C=NNC(=O)NC12CC3CC(CC(C3)C1)C2. The highest BCUT2D eigenvalue weighted by molar-refractivity contribution is 9.10. The van der Waals surface area contributed by atoms with Crippen LogP contribution in [0.1, 0.15) is 44.1 Å². The number of ether oxygens (including phenoxy) is 1. The predicted octanol–water partition coefficient (Wildman–Crippen LogP) is 4.06. The van der Waals surface area contributed by atoms with Crippen molar-refractivity contribution >= 4 is 28.2 Å². The van der Waals surface area contributed by atoms with E-state index in [1.165, 1.54) is 19.3 Å². The molecule has 6 heteroatoms. The van der Waals surface area contributed by atoms with Crippen LogP contribution in [-0.2, 0) is 0 Å². The fourth-order valence-electron chi connectivity index (χ4n) is 5.50. The highest BCUT2D eigenvalue weighted by Gasteiger charge is 2.51. The van der Waals surface area contributed by atoms with Gasteiger partial charge in [-0.1, -0.05) is 15.9 Å². The van der Waals surface area contributed by atoms with E-state index in [1.54, 1.807) is 13.3 Å². The van der Waals surface area contributed by atoms with Gasteiger partial charge in [-0.15, -0.1) is 0 Å². The van der Waals surface area contributed by atoms with Gasteiger partial charge in [-0.25, -0.2) is 10.2 Å². The Labute approximate surface area is 156 Å². The molecule has 4 aliphatic carbocycles. The van der Waals surface area contributed by atoms with Crippen LogP contribution in [0.2, 0.25) is 0 Å². The Balaban J connectivity index is 1.38. The summed E-state index contributed by atoms with van der Waals surface area (Å²) in [5.74, 6) is 3.14. The fourth-order valence-corrected chi connectivity index (χ4v) is 5.88. The Hall–Kier alpha value is -1.56. The Morgan fingerprint density at radius 1 is 1.24 bits per heavy atom. The van der Waals surface area contributed by atoms with Gasteiger partial charge in [0.2, 0.25) is 0 Å². The summed E-state index contributed by atoms with van der Waals surface area (Å²) in [6.07, 6.45) is 9.11.